The second-order valence-electron chi connectivity index (χ2n) is 6.89. The molecule has 3 rings (SSSR count). The third kappa shape index (κ3) is 5.06. The van der Waals surface area contributed by atoms with Gasteiger partial charge in [0.15, 0.2) is 11.6 Å². The highest BCUT2D eigenvalue weighted by molar-refractivity contribution is 5.21. The second-order valence-corrected chi connectivity index (χ2v) is 6.89. The minimum atomic E-state index is -0.787. The first-order valence-corrected chi connectivity index (χ1v) is 8.91. The van der Waals surface area contributed by atoms with E-state index in [9.17, 15) is 8.78 Å². The van der Waals surface area contributed by atoms with E-state index >= 15 is 0 Å². The molecule has 1 N–H and O–H groups in total. The van der Waals surface area contributed by atoms with Crippen LogP contribution >= 0.6 is 0 Å². The second kappa shape index (κ2) is 8.50. The molecule has 0 bridgehead atoms. The molecular weight excluding hydrogens is 320 g/mol. The molecule has 1 fully saturated rings. The van der Waals surface area contributed by atoms with E-state index in [0.29, 0.717) is 6.04 Å². The van der Waals surface area contributed by atoms with E-state index in [1.165, 1.54) is 17.7 Å². The molecule has 1 aliphatic heterocycles. The molecule has 2 aromatic rings. The summed E-state index contributed by atoms with van der Waals surface area (Å²) in [7, 11) is 0. The van der Waals surface area contributed by atoms with Crippen molar-refractivity contribution in [3.63, 3.8) is 0 Å². The van der Waals surface area contributed by atoms with E-state index in [2.05, 4.69) is 21.3 Å². The van der Waals surface area contributed by atoms with E-state index in [4.69, 9.17) is 0 Å². The Balaban J connectivity index is 1.42. The lowest BCUT2D eigenvalue weighted by Crippen LogP contribution is -2.43. The summed E-state index contributed by atoms with van der Waals surface area (Å²) in [4.78, 5) is 6.62. The highest BCUT2D eigenvalue weighted by atomic mass is 19.2. The van der Waals surface area contributed by atoms with Gasteiger partial charge < -0.3 is 5.32 Å². The van der Waals surface area contributed by atoms with Crippen molar-refractivity contribution in [2.45, 2.75) is 38.3 Å². The summed E-state index contributed by atoms with van der Waals surface area (Å²) in [6, 6.07) is 8.75. The van der Waals surface area contributed by atoms with E-state index in [0.717, 1.165) is 44.6 Å². The molecule has 3 nitrogen and oxygen atoms in total. The lowest BCUT2D eigenvalue weighted by Gasteiger charge is -2.33. The molecule has 1 aromatic carbocycles. The van der Waals surface area contributed by atoms with Crippen LogP contribution in [0.3, 0.4) is 0 Å². The van der Waals surface area contributed by atoms with Crippen molar-refractivity contribution in [1.82, 2.24) is 15.2 Å². The molecule has 1 aromatic heterocycles. The van der Waals surface area contributed by atoms with Gasteiger partial charge in [-0.25, -0.2) is 8.78 Å². The van der Waals surface area contributed by atoms with Crippen LogP contribution in [0.4, 0.5) is 8.78 Å². The predicted molar refractivity (Wildman–Crippen MR) is 95.3 cm³/mol. The number of halogens is 2. The molecule has 134 valence electrons. The number of nitrogens with one attached hydrogen (secondary N) is 1. The fourth-order valence-corrected chi connectivity index (χ4v) is 3.33. The van der Waals surface area contributed by atoms with E-state index in [1.807, 2.05) is 19.2 Å². The van der Waals surface area contributed by atoms with Gasteiger partial charge in [0, 0.05) is 31.5 Å². The van der Waals surface area contributed by atoms with Gasteiger partial charge in [-0.3, -0.25) is 9.88 Å². The summed E-state index contributed by atoms with van der Waals surface area (Å²) in [5.74, 6) is -1.40. The number of benzene rings is 1. The average molecular weight is 345 g/mol. The summed E-state index contributed by atoms with van der Waals surface area (Å²) in [5, 5.41) is 3.58. The quantitative estimate of drug-likeness (QED) is 0.865. The van der Waals surface area contributed by atoms with Gasteiger partial charge in [0.05, 0.1) is 0 Å². The number of pyridine rings is 1. The van der Waals surface area contributed by atoms with Gasteiger partial charge in [0.25, 0.3) is 0 Å². The molecule has 0 unspecified atom stereocenters. The number of hydrogen-bond donors (Lipinski definition) is 1. The molecular formula is C20H25F2N3. The molecule has 1 atom stereocenters. The Hall–Kier alpha value is -1.85. The number of likely N-dealkylation sites (tertiary alicyclic amines) is 1. The zero-order valence-electron chi connectivity index (χ0n) is 14.6. The zero-order chi connectivity index (χ0) is 17.6. The first-order valence-electron chi connectivity index (χ1n) is 8.91. The van der Waals surface area contributed by atoms with Crippen LogP contribution in [0.2, 0.25) is 0 Å². The van der Waals surface area contributed by atoms with Crippen molar-refractivity contribution in [3.05, 3.63) is 65.5 Å². The van der Waals surface area contributed by atoms with Crippen molar-refractivity contribution in [1.29, 1.82) is 0 Å². The first kappa shape index (κ1) is 18.0. The van der Waals surface area contributed by atoms with E-state index in [1.54, 1.807) is 12.3 Å². The lowest BCUT2D eigenvalue weighted by molar-refractivity contribution is 0.190. The van der Waals surface area contributed by atoms with Crippen molar-refractivity contribution in [2.24, 2.45) is 0 Å². The highest BCUT2D eigenvalue weighted by Crippen LogP contribution is 2.19. The SMILES string of the molecule is C[C@@H](CNC1CCN(Cc2cccnc2)CC1)c1ccc(F)c(F)c1. The van der Waals surface area contributed by atoms with Gasteiger partial charge in [0.2, 0.25) is 0 Å². The number of aromatic nitrogens is 1. The van der Waals surface area contributed by atoms with Crippen LogP contribution in [-0.2, 0) is 6.54 Å². The Morgan fingerprint density at radius 3 is 2.68 bits per heavy atom. The number of nitrogens with zero attached hydrogens (tertiary/aromatic N) is 2. The van der Waals surface area contributed by atoms with E-state index in [-0.39, 0.29) is 5.92 Å². The van der Waals surface area contributed by atoms with Crippen LogP contribution in [-0.4, -0.2) is 35.6 Å². The van der Waals surface area contributed by atoms with Crippen LogP contribution in [0.15, 0.2) is 42.7 Å². The van der Waals surface area contributed by atoms with Crippen LogP contribution in [0, 0.1) is 11.6 Å². The summed E-state index contributed by atoms with van der Waals surface area (Å²) in [6.45, 7) is 5.89. The normalized spacial score (nSPS) is 17.6. The van der Waals surface area contributed by atoms with Crippen LogP contribution < -0.4 is 5.32 Å². The molecule has 0 aliphatic carbocycles. The van der Waals surface area contributed by atoms with E-state index < -0.39 is 11.6 Å². The molecule has 2 heterocycles. The predicted octanol–water partition coefficient (Wildman–Crippen LogP) is 3.72. The number of rotatable bonds is 6. The topological polar surface area (TPSA) is 28.2 Å². The molecule has 1 aliphatic rings. The summed E-state index contributed by atoms with van der Waals surface area (Å²) in [6.07, 6.45) is 5.93. The third-order valence-corrected chi connectivity index (χ3v) is 4.94. The fourth-order valence-electron chi connectivity index (χ4n) is 3.33. The molecule has 0 amide bonds. The Morgan fingerprint density at radius 1 is 1.20 bits per heavy atom. The Morgan fingerprint density at radius 2 is 2.00 bits per heavy atom. The summed E-state index contributed by atoms with van der Waals surface area (Å²) >= 11 is 0. The molecule has 25 heavy (non-hydrogen) atoms. The molecule has 0 radical (unpaired) electrons. The zero-order valence-corrected chi connectivity index (χ0v) is 14.6. The largest absolute Gasteiger partial charge is 0.313 e. The Bertz CT molecular complexity index is 670. The average Bonchev–Trinajstić information content (AvgIpc) is 2.64. The lowest BCUT2D eigenvalue weighted by atomic mass is 9.99. The number of piperidine rings is 1. The monoisotopic (exact) mass is 345 g/mol. The molecule has 0 spiro atoms. The molecule has 0 saturated carbocycles. The fraction of sp³-hybridized carbons (Fsp3) is 0.450. The van der Waals surface area contributed by atoms with Crippen LogP contribution in [0.25, 0.3) is 0 Å². The van der Waals surface area contributed by atoms with Gasteiger partial charge in [-0.2, -0.15) is 0 Å². The van der Waals surface area contributed by atoms with Gasteiger partial charge in [-0.15, -0.1) is 0 Å². The maximum atomic E-state index is 13.4. The first-order chi connectivity index (χ1) is 12.1. The van der Waals surface area contributed by atoms with Crippen molar-refractivity contribution in [3.8, 4) is 0 Å². The summed E-state index contributed by atoms with van der Waals surface area (Å²) in [5.41, 5.74) is 2.08. The van der Waals surface area contributed by atoms with Gasteiger partial charge in [0.1, 0.15) is 0 Å². The standard InChI is InChI=1S/C20H25F2N3/c1-15(17-4-5-19(21)20(22)11-17)12-24-18-6-9-25(10-7-18)14-16-3-2-8-23-13-16/h2-5,8,11,13,15,18,24H,6-7,9-10,12,14H2,1H3/t15-/m0/s1. The smallest absolute Gasteiger partial charge is 0.159 e. The van der Waals surface area contributed by atoms with Crippen LogP contribution in [0.1, 0.15) is 36.8 Å². The molecule has 1 saturated heterocycles. The summed E-state index contributed by atoms with van der Waals surface area (Å²) < 4.78 is 26.4. The van der Waals surface area contributed by atoms with Gasteiger partial charge in [-0.1, -0.05) is 19.1 Å². The maximum absolute atomic E-state index is 13.4. The Labute approximate surface area is 148 Å². The van der Waals surface area contributed by atoms with Crippen LogP contribution in [0.5, 0.6) is 0 Å². The third-order valence-electron chi connectivity index (χ3n) is 4.94. The van der Waals surface area contributed by atoms with Gasteiger partial charge in [-0.05, 0) is 61.2 Å². The van der Waals surface area contributed by atoms with Gasteiger partial charge >= 0.3 is 0 Å². The van der Waals surface area contributed by atoms with Crippen molar-refractivity contribution in [2.75, 3.05) is 19.6 Å². The maximum Gasteiger partial charge on any atom is 0.159 e. The minimum absolute atomic E-state index is 0.156. The highest BCUT2D eigenvalue weighted by Gasteiger charge is 2.20. The number of hydrogen-bond acceptors (Lipinski definition) is 3. The molecule has 5 heteroatoms. The van der Waals surface area contributed by atoms with Crippen molar-refractivity contribution < 1.29 is 8.78 Å². The Kier molecular flexibility index (Phi) is 6.10. The minimum Gasteiger partial charge on any atom is -0.313 e. The van der Waals surface area contributed by atoms with Crippen molar-refractivity contribution >= 4 is 0 Å².